The zero-order chi connectivity index (χ0) is 17.8. The second kappa shape index (κ2) is 6.83. The van der Waals surface area contributed by atoms with E-state index in [9.17, 15) is 9.59 Å². The smallest absolute Gasteiger partial charge is 0.441 e. The predicted octanol–water partition coefficient (Wildman–Crippen LogP) is 0.885. The van der Waals surface area contributed by atoms with E-state index in [1.54, 1.807) is 18.2 Å². The first-order valence-electron chi connectivity index (χ1n) is 7.03. The van der Waals surface area contributed by atoms with Crippen LogP contribution in [-0.4, -0.2) is 39.9 Å². The Balaban J connectivity index is 1.95. The van der Waals surface area contributed by atoms with Gasteiger partial charge in [0, 0.05) is 0 Å². The number of methoxy groups -OCH3 is 2. The molecule has 0 atom stereocenters. The van der Waals surface area contributed by atoms with Crippen molar-refractivity contribution in [1.29, 1.82) is 0 Å². The summed E-state index contributed by atoms with van der Waals surface area (Å²) in [6, 6.07) is 7.88. The first-order chi connectivity index (χ1) is 12.1. The highest BCUT2D eigenvalue weighted by molar-refractivity contribution is 6.05. The number of rotatable bonds is 5. The monoisotopic (exact) mass is 343 g/mol. The van der Waals surface area contributed by atoms with Crippen LogP contribution in [0.5, 0.6) is 11.8 Å². The van der Waals surface area contributed by atoms with E-state index in [2.05, 4.69) is 24.8 Å². The topological polar surface area (TPSA) is 121 Å². The summed E-state index contributed by atoms with van der Waals surface area (Å²) in [7, 11) is 2.86. The Morgan fingerprint density at radius 1 is 1.16 bits per heavy atom. The lowest BCUT2D eigenvalue weighted by Crippen LogP contribution is -2.21. The summed E-state index contributed by atoms with van der Waals surface area (Å²) in [6.07, 6.45) is 0.993. The Morgan fingerprint density at radius 3 is 2.44 bits per heavy atom. The van der Waals surface area contributed by atoms with Gasteiger partial charge in [-0.15, -0.1) is 5.10 Å². The van der Waals surface area contributed by atoms with Crippen molar-refractivity contribution in [2.45, 2.75) is 0 Å². The molecule has 3 aromatic rings. The van der Waals surface area contributed by atoms with E-state index in [0.29, 0.717) is 0 Å². The third-order valence-electron chi connectivity index (χ3n) is 3.19. The van der Waals surface area contributed by atoms with Crippen LogP contribution in [0.2, 0.25) is 0 Å². The van der Waals surface area contributed by atoms with Gasteiger partial charge in [0.1, 0.15) is 0 Å². The van der Waals surface area contributed by atoms with Crippen LogP contribution < -0.4 is 20.5 Å². The van der Waals surface area contributed by atoms with Crippen LogP contribution >= 0.6 is 0 Å². The molecule has 3 rings (SSSR count). The van der Waals surface area contributed by atoms with Gasteiger partial charge in [-0.3, -0.25) is 10.1 Å². The fraction of sp³-hybridized carbons (Fsp3) is 0.133. The van der Waals surface area contributed by atoms with Crippen molar-refractivity contribution in [2.24, 2.45) is 0 Å². The van der Waals surface area contributed by atoms with Crippen molar-refractivity contribution in [2.75, 3.05) is 19.5 Å². The molecule has 0 bridgehead atoms. The van der Waals surface area contributed by atoms with Crippen molar-refractivity contribution in [3.05, 3.63) is 52.8 Å². The second-order valence-corrected chi connectivity index (χ2v) is 4.66. The molecule has 0 spiro atoms. The summed E-state index contributed by atoms with van der Waals surface area (Å²) in [6.45, 7) is 0. The lowest BCUT2D eigenvalue weighted by Gasteiger charge is -2.09. The highest BCUT2D eigenvalue weighted by Crippen LogP contribution is 2.19. The Kier molecular flexibility index (Phi) is 4.42. The summed E-state index contributed by atoms with van der Waals surface area (Å²) in [5.41, 5.74) is 0.442. The van der Waals surface area contributed by atoms with E-state index in [1.165, 1.54) is 26.4 Å². The number of anilines is 1. The Morgan fingerprint density at radius 2 is 1.84 bits per heavy atom. The number of nitrogens with one attached hydrogen (secondary N) is 1. The number of benzene rings is 1. The summed E-state index contributed by atoms with van der Waals surface area (Å²) < 4.78 is 15.7. The fourth-order valence-corrected chi connectivity index (χ4v) is 2.06. The summed E-state index contributed by atoms with van der Waals surface area (Å²) in [5, 5.41) is 6.31. The van der Waals surface area contributed by atoms with E-state index >= 15 is 0 Å². The van der Waals surface area contributed by atoms with Crippen LogP contribution in [0.15, 0.2) is 45.9 Å². The lowest BCUT2D eigenvalue weighted by atomic mass is 10.1. The second-order valence-electron chi connectivity index (χ2n) is 4.66. The molecule has 0 aliphatic carbocycles. The molecule has 0 unspecified atom stereocenters. The highest BCUT2D eigenvalue weighted by atomic mass is 16.5. The molecular formula is C15H13N5O5. The Bertz CT molecular complexity index is 942. The fourth-order valence-electron chi connectivity index (χ4n) is 2.06. The van der Waals surface area contributed by atoms with Gasteiger partial charge in [0.05, 0.1) is 31.5 Å². The standard InChI is InChI=1S/C15H13N5O5/c1-23-11-7-12(24-2)18-14(17-11)19-13(21)9-5-3-4-6-10(9)20-15(22)25-8-16-20/h3-8H,1-2H3,(H,17,18,19,21). The minimum Gasteiger partial charge on any atom is -0.481 e. The molecule has 1 N–H and O–H groups in total. The Labute approximate surface area is 141 Å². The molecular weight excluding hydrogens is 330 g/mol. The van der Waals surface area contributed by atoms with Gasteiger partial charge in [0.15, 0.2) is 0 Å². The van der Waals surface area contributed by atoms with Crippen LogP contribution in [-0.2, 0) is 0 Å². The van der Waals surface area contributed by atoms with Gasteiger partial charge in [-0.1, -0.05) is 12.1 Å². The van der Waals surface area contributed by atoms with E-state index < -0.39 is 11.7 Å². The predicted molar refractivity (Wildman–Crippen MR) is 85.2 cm³/mol. The molecule has 0 aliphatic heterocycles. The van der Waals surface area contributed by atoms with Gasteiger partial charge in [0.25, 0.3) is 5.91 Å². The van der Waals surface area contributed by atoms with Crippen molar-refractivity contribution < 1.29 is 18.7 Å². The summed E-state index contributed by atoms with van der Waals surface area (Å²) in [5.74, 6) is -0.810. The van der Waals surface area contributed by atoms with Gasteiger partial charge < -0.3 is 13.9 Å². The van der Waals surface area contributed by atoms with Gasteiger partial charge in [-0.2, -0.15) is 14.6 Å². The molecule has 128 valence electrons. The van der Waals surface area contributed by atoms with Crippen LogP contribution in [0.3, 0.4) is 0 Å². The zero-order valence-corrected chi connectivity index (χ0v) is 13.3. The number of carbonyl (C=O) groups excluding carboxylic acids is 1. The average molecular weight is 343 g/mol. The number of ether oxygens (including phenoxy) is 2. The molecule has 0 radical (unpaired) electrons. The number of hydrogen-bond acceptors (Lipinski definition) is 8. The number of para-hydroxylation sites is 1. The van der Waals surface area contributed by atoms with E-state index in [1.807, 2.05) is 0 Å². The SMILES string of the molecule is COc1cc(OC)nc(NC(=O)c2ccccc2-n2ncoc2=O)n1. The minimum absolute atomic E-state index is 0.0106. The Hall–Kier alpha value is -3.69. The number of aromatic nitrogens is 4. The normalized spacial score (nSPS) is 10.3. The molecule has 2 heterocycles. The van der Waals surface area contributed by atoms with Gasteiger partial charge in [0.2, 0.25) is 24.1 Å². The van der Waals surface area contributed by atoms with Gasteiger partial charge in [-0.05, 0) is 12.1 Å². The molecule has 2 aromatic heterocycles. The first kappa shape index (κ1) is 16.2. The third kappa shape index (κ3) is 3.32. The molecule has 10 heteroatoms. The van der Waals surface area contributed by atoms with E-state index in [0.717, 1.165) is 11.1 Å². The first-order valence-corrected chi connectivity index (χ1v) is 7.03. The minimum atomic E-state index is -0.709. The maximum atomic E-state index is 12.6. The van der Waals surface area contributed by atoms with Crippen molar-refractivity contribution in [1.82, 2.24) is 19.7 Å². The molecule has 0 saturated carbocycles. The molecule has 0 saturated heterocycles. The average Bonchev–Trinajstić information content (AvgIpc) is 3.07. The zero-order valence-electron chi connectivity index (χ0n) is 13.3. The van der Waals surface area contributed by atoms with Crippen LogP contribution in [0, 0.1) is 0 Å². The lowest BCUT2D eigenvalue weighted by molar-refractivity contribution is 0.102. The quantitative estimate of drug-likeness (QED) is 0.725. The summed E-state index contributed by atoms with van der Waals surface area (Å²) >= 11 is 0. The largest absolute Gasteiger partial charge is 0.481 e. The number of amides is 1. The molecule has 0 fully saturated rings. The van der Waals surface area contributed by atoms with Crippen LogP contribution in [0.1, 0.15) is 10.4 Å². The van der Waals surface area contributed by atoms with Gasteiger partial charge in [-0.25, -0.2) is 4.79 Å². The van der Waals surface area contributed by atoms with Crippen molar-refractivity contribution in [3.8, 4) is 17.4 Å². The molecule has 10 nitrogen and oxygen atoms in total. The molecule has 0 aliphatic rings. The van der Waals surface area contributed by atoms with Crippen LogP contribution in [0.25, 0.3) is 5.69 Å². The van der Waals surface area contributed by atoms with Crippen molar-refractivity contribution in [3.63, 3.8) is 0 Å². The molecule has 1 aromatic carbocycles. The van der Waals surface area contributed by atoms with E-state index in [-0.39, 0.29) is 29.0 Å². The molecule has 25 heavy (non-hydrogen) atoms. The number of nitrogens with zero attached hydrogens (tertiary/aromatic N) is 4. The van der Waals surface area contributed by atoms with Crippen LogP contribution in [0.4, 0.5) is 5.95 Å². The third-order valence-corrected chi connectivity index (χ3v) is 3.19. The number of carbonyl (C=O) groups is 1. The number of hydrogen-bond donors (Lipinski definition) is 1. The highest BCUT2D eigenvalue weighted by Gasteiger charge is 2.17. The summed E-state index contributed by atoms with van der Waals surface area (Å²) in [4.78, 5) is 32.3. The van der Waals surface area contributed by atoms with Crippen molar-refractivity contribution >= 4 is 11.9 Å². The maximum Gasteiger partial charge on any atom is 0.441 e. The van der Waals surface area contributed by atoms with Gasteiger partial charge >= 0.3 is 5.76 Å². The maximum absolute atomic E-state index is 12.6. The van der Waals surface area contributed by atoms with E-state index in [4.69, 9.17) is 9.47 Å². The molecule has 1 amide bonds.